The predicted molar refractivity (Wildman–Crippen MR) is 212 cm³/mol. The SMILES string of the molecule is C[C@H](NC(=O)[C@H](Cc1c[nH]cn1)NC(=O)[C@@H](N)CCCNC(=N)N)C(=O)N[C@@H](CO)C(=O)N[C@@H](CCC(N)=O)C(=O)NCC(=O)N[C@@H](CCC(=O)O)C(=O)N[C@@H](CC(=O)O)C(=O)O. The smallest absolute Gasteiger partial charge is 0.326 e. The number of nitrogens with two attached hydrogens (primary N) is 3. The van der Waals surface area contributed by atoms with Crippen molar-refractivity contribution in [2.75, 3.05) is 19.7 Å². The summed E-state index contributed by atoms with van der Waals surface area (Å²) in [5, 5.41) is 62.3. The van der Waals surface area contributed by atoms with Crippen molar-refractivity contribution < 1.29 is 73.2 Å². The lowest BCUT2D eigenvalue weighted by Gasteiger charge is -2.25. The van der Waals surface area contributed by atoms with Crippen molar-refractivity contribution in [1.82, 2.24) is 52.5 Å². The number of rotatable bonds is 30. The van der Waals surface area contributed by atoms with Crippen LogP contribution in [0, 0.1) is 5.41 Å². The summed E-state index contributed by atoms with van der Waals surface area (Å²) in [6, 6.07) is -10.9. The monoisotopic (exact) mass is 898 g/mol. The molecule has 0 aliphatic carbocycles. The van der Waals surface area contributed by atoms with Crippen molar-refractivity contribution in [2.45, 2.75) is 101 Å². The number of aliphatic hydroxyl groups is 1. The Kier molecular flexibility index (Phi) is 23.3. The lowest BCUT2D eigenvalue weighted by Crippen LogP contribution is -2.59. The molecule has 0 spiro atoms. The van der Waals surface area contributed by atoms with Crippen LogP contribution < -0.4 is 59.7 Å². The maximum atomic E-state index is 13.3. The van der Waals surface area contributed by atoms with E-state index < -0.39 is 153 Å². The Morgan fingerprint density at radius 1 is 0.698 bits per heavy atom. The lowest BCUT2D eigenvalue weighted by molar-refractivity contribution is -0.147. The Labute approximate surface area is 357 Å². The van der Waals surface area contributed by atoms with Crippen LogP contribution in [-0.4, -0.2) is 164 Å². The number of nitrogens with one attached hydrogen (secondary N) is 10. The number of H-pyrrole nitrogens is 1. The highest BCUT2D eigenvalue weighted by molar-refractivity contribution is 5.97. The molecule has 0 bridgehead atoms. The van der Waals surface area contributed by atoms with Gasteiger partial charge in [-0.25, -0.2) is 9.78 Å². The minimum Gasteiger partial charge on any atom is -0.481 e. The Morgan fingerprint density at radius 2 is 1.27 bits per heavy atom. The Bertz CT molecular complexity index is 1810. The van der Waals surface area contributed by atoms with E-state index in [9.17, 15) is 63.0 Å². The molecular formula is C34H54N14O15. The van der Waals surface area contributed by atoms with Gasteiger partial charge in [-0.3, -0.25) is 53.4 Å². The van der Waals surface area contributed by atoms with Gasteiger partial charge in [0.25, 0.3) is 0 Å². The summed E-state index contributed by atoms with van der Waals surface area (Å²) in [6.45, 7) is -0.530. The van der Waals surface area contributed by atoms with Crippen LogP contribution in [0.25, 0.3) is 0 Å². The molecule has 63 heavy (non-hydrogen) atoms. The number of primary amides is 1. The summed E-state index contributed by atoms with van der Waals surface area (Å²) in [5.41, 5.74) is 16.7. The number of nitrogens with zero attached hydrogens (tertiary/aromatic N) is 1. The minimum absolute atomic E-state index is 0.144. The molecule has 0 radical (unpaired) electrons. The first-order chi connectivity index (χ1) is 29.5. The Hall–Kier alpha value is -7.43. The number of carbonyl (C=O) groups excluding carboxylic acids is 8. The largest absolute Gasteiger partial charge is 0.481 e. The first-order valence-corrected chi connectivity index (χ1v) is 19.0. The van der Waals surface area contributed by atoms with Crippen LogP contribution in [0.15, 0.2) is 12.5 Å². The van der Waals surface area contributed by atoms with Crippen LogP contribution in [0.3, 0.4) is 0 Å². The molecule has 1 aromatic rings. The molecule has 350 valence electrons. The van der Waals surface area contributed by atoms with Gasteiger partial charge in [0.05, 0.1) is 37.6 Å². The molecule has 20 N–H and O–H groups in total. The molecular weight excluding hydrogens is 844 g/mol. The van der Waals surface area contributed by atoms with Gasteiger partial charge >= 0.3 is 17.9 Å². The lowest BCUT2D eigenvalue weighted by atomic mass is 10.1. The van der Waals surface area contributed by atoms with Crippen LogP contribution in [0.5, 0.6) is 0 Å². The molecule has 1 rings (SSSR count). The van der Waals surface area contributed by atoms with E-state index in [4.69, 9.17) is 32.8 Å². The van der Waals surface area contributed by atoms with Gasteiger partial charge in [0.2, 0.25) is 47.3 Å². The van der Waals surface area contributed by atoms with Gasteiger partial charge in [-0.15, -0.1) is 0 Å². The van der Waals surface area contributed by atoms with Crippen molar-refractivity contribution in [3.8, 4) is 0 Å². The van der Waals surface area contributed by atoms with Crippen molar-refractivity contribution in [3.63, 3.8) is 0 Å². The van der Waals surface area contributed by atoms with Crippen LogP contribution in [0.1, 0.15) is 57.6 Å². The number of hydrogen-bond acceptors (Lipinski definition) is 15. The number of hydrogen-bond donors (Lipinski definition) is 17. The zero-order chi connectivity index (χ0) is 47.8. The summed E-state index contributed by atoms with van der Waals surface area (Å²) in [7, 11) is 0. The van der Waals surface area contributed by atoms with Gasteiger partial charge in [0.1, 0.15) is 36.3 Å². The number of amides is 8. The molecule has 7 atom stereocenters. The van der Waals surface area contributed by atoms with Crippen LogP contribution >= 0.6 is 0 Å². The number of carboxylic acid groups (broad SMARTS) is 3. The quantitative estimate of drug-likeness (QED) is 0.0194. The molecule has 0 fully saturated rings. The molecule has 0 aliphatic rings. The zero-order valence-corrected chi connectivity index (χ0v) is 33.9. The fourth-order valence-electron chi connectivity index (χ4n) is 5.19. The van der Waals surface area contributed by atoms with Crippen LogP contribution in [-0.2, 0) is 59.2 Å². The zero-order valence-electron chi connectivity index (χ0n) is 33.9. The molecule has 29 nitrogen and oxygen atoms in total. The fourth-order valence-corrected chi connectivity index (χ4v) is 5.19. The van der Waals surface area contributed by atoms with Crippen molar-refractivity contribution in [3.05, 3.63) is 18.2 Å². The van der Waals surface area contributed by atoms with E-state index in [1.807, 2.05) is 5.32 Å². The molecule has 0 saturated heterocycles. The maximum Gasteiger partial charge on any atom is 0.326 e. The van der Waals surface area contributed by atoms with E-state index in [0.29, 0.717) is 12.1 Å². The second-order valence-electron chi connectivity index (χ2n) is 13.7. The topological polar surface area (TPSA) is 496 Å². The highest BCUT2D eigenvalue weighted by Gasteiger charge is 2.32. The summed E-state index contributed by atoms with van der Waals surface area (Å²) in [5.74, 6) is -13.2. The normalized spacial score (nSPS) is 14.0. The molecule has 1 heterocycles. The van der Waals surface area contributed by atoms with E-state index >= 15 is 0 Å². The summed E-state index contributed by atoms with van der Waals surface area (Å²) >= 11 is 0. The van der Waals surface area contributed by atoms with Gasteiger partial charge in [0, 0.05) is 32.0 Å². The number of guanidine groups is 1. The third kappa shape index (κ3) is 21.6. The predicted octanol–water partition coefficient (Wildman–Crippen LogP) is -7.73. The average Bonchev–Trinajstić information content (AvgIpc) is 3.72. The van der Waals surface area contributed by atoms with Crippen LogP contribution in [0.4, 0.5) is 0 Å². The third-order valence-corrected chi connectivity index (χ3v) is 8.54. The van der Waals surface area contributed by atoms with Gasteiger partial charge < -0.3 is 85.1 Å². The number of aliphatic carboxylic acids is 3. The number of aromatic nitrogens is 2. The maximum absolute atomic E-state index is 13.3. The van der Waals surface area contributed by atoms with Gasteiger partial charge in [-0.05, 0) is 32.6 Å². The summed E-state index contributed by atoms with van der Waals surface area (Å²) in [6.07, 6.45) is -0.174. The number of imidazole rings is 1. The molecule has 0 unspecified atom stereocenters. The van der Waals surface area contributed by atoms with Crippen molar-refractivity contribution in [2.24, 2.45) is 17.2 Å². The molecule has 8 amide bonds. The average molecular weight is 899 g/mol. The molecule has 1 aromatic heterocycles. The van der Waals surface area contributed by atoms with Gasteiger partial charge in [-0.2, -0.15) is 0 Å². The van der Waals surface area contributed by atoms with Crippen molar-refractivity contribution in [1.29, 1.82) is 5.41 Å². The standard InChI is InChI=1S/C34H54N14O15/c1-15(43-31(60)20(9-16-11-39-14-42-16)46-28(57)17(35)3-2-8-40-34(37)38)27(56)48-22(13-49)32(61)45-18(4-6-23(36)50)29(58)41-12-24(51)44-19(5-7-25(52)53)30(59)47-21(33(62)63)10-26(54)55/h11,14-15,17-22,49H,2-10,12-13,35H2,1H3,(H2,36,50)(H,39,42)(H,41,58)(H,43,60)(H,44,51)(H,45,61)(H,46,57)(H,47,59)(H,48,56)(H,52,53)(H,54,55)(H,62,63)(H4,37,38,40)/t15-,17-,18-,19-,20-,21-,22-/m0/s1. The number of carboxylic acids is 3. The third-order valence-electron chi connectivity index (χ3n) is 8.54. The van der Waals surface area contributed by atoms with E-state index in [2.05, 4.69) is 47.2 Å². The second-order valence-corrected chi connectivity index (χ2v) is 13.7. The van der Waals surface area contributed by atoms with E-state index in [1.165, 1.54) is 19.4 Å². The van der Waals surface area contributed by atoms with E-state index in [1.54, 1.807) is 0 Å². The molecule has 29 heteroatoms. The summed E-state index contributed by atoms with van der Waals surface area (Å²) in [4.78, 5) is 143. The van der Waals surface area contributed by atoms with E-state index in [-0.39, 0.29) is 25.3 Å². The molecule has 0 saturated carbocycles. The van der Waals surface area contributed by atoms with Gasteiger partial charge in [-0.1, -0.05) is 0 Å². The Balaban J connectivity index is 3.00. The molecule has 0 aliphatic heterocycles. The first-order valence-electron chi connectivity index (χ1n) is 19.0. The highest BCUT2D eigenvalue weighted by Crippen LogP contribution is 2.05. The minimum atomic E-state index is -1.95. The molecule has 0 aromatic carbocycles. The van der Waals surface area contributed by atoms with E-state index in [0.717, 1.165) is 0 Å². The Morgan fingerprint density at radius 3 is 1.83 bits per heavy atom. The second kappa shape index (κ2) is 27.4. The van der Waals surface area contributed by atoms with Crippen molar-refractivity contribution >= 4 is 71.1 Å². The summed E-state index contributed by atoms with van der Waals surface area (Å²) < 4.78 is 0. The number of carbonyl (C=O) groups is 11. The van der Waals surface area contributed by atoms with Crippen LogP contribution in [0.2, 0.25) is 0 Å². The fraction of sp³-hybridized carbons (Fsp3) is 0.559. The number of aromatic amines is 1. The highest BCUT2D eigenvalue weighted by atomic mass is 16.4. The van der Waals surface area contributed by atoms with Gasteiger partial charge in [0.15, 0.2) is 5.96 Å². The number of aliphatic hydroxyl groups excluding tert-OH is 1. The first kappa shape index (κ1) is 53.6.